The number of carbonyl (C=O) groups excluding carboxylic acids is 1. The van der Waals surface area contributed by atoms with Crippen molar-refractivity contribution in [3.05, 3.63) is 82.3 Å². The summed E-state index contributed by atoms with van der Waals surface area (Å²) < 4.78 is 1.76. The van der Waals surface area contributed by atoms with E-state index in [9.17, 15) is 4.79 Å². The molecule has 6 heteroatoms. The fraction of sp³-hybridized carbons (Fsp3) is 0.227. The first kappa shape index (κ1) is 18.0. The third kappa shape index (κ3) is 3.17. The standard InChI is InChI=1S/C22H23N5O/c1-13-5-8-17(9-6-13)20-19(16(4)25-22-23-12-24-27(20)22)21(28)26-18-10-7-14(2)11-15(18)3/h5-12,20H,1-4H3,(H,26,28)(H,23,24,25)/t20-/m1/s1. The SMILES string of the molecule is CC1=C(C(=O)Nc2ccc(C)cc2C)[C@@H](c2ccc(C)cc2)n2ncnc2N1. The molecule has 0 unspecified atom stereocenters. The Balaban J connectivity index is 1.76. The van der Waals surface area contributed by atoms with E-state index in [0.717, 1.165) is 28.1 Å². The summed E-state index contributed by atoms with van der Waals surface area (Å²) in [4.78, 5) is 17.6. The third-order valence-electron chi connectivity index (χ3n) is 5.06. The number of amides is 1. The molecular formula is C22H23N5O. The van der Waals surface area contributed by atoms with Crippen LogP contribution >= 0.6 is 0 Å². The van der Waals surface area contributed by atoms with Gasteiger partial charge in [-0.2, -0.15) is 10.1 Å². The van der Waals surface area contributed by atoms with Gasteiger partial charge < -0.3 is 10.6 Å². The first-order valence-electron chi connectivity index (χ1n) is 9.26. The number of aryl methyl sites for hydroxylation is 3. The number of nitrogens with zero attached hydrogens (tertiary/aromatic N) is 3. The Labute approximate surface area is 164 Å². The van der Waals surface area contributed by atoms with Crippen molar-refractivity contribution >= 4 is 17.5 Å². The molecule has 0 fully saturated rings. The molecule has 2 aromatic carbocycles. The molecule has 1 amide bonds. The largest absolute Gasteiger partial charge is 0.328 e. The highest BCUT2D eigenvalue weighted by Gasteiger charge is 2.33. The normalized spacial score (nSPS) is 15.8. The summed E-state index contributed by atoms with van der Waals surface area (Å²) >= 11 is 0. The number of rotatable bonds is 3. The van der Waals surface area contributed by atoms with Crippen LogP contribution < -0.4 is 10.6 Å². The predicted molar refractivity (Wildman–Crippen MR) is 110 cm³/mol. The molecule has 0 aliphatic carbocycles. The number of benzene rings is 2. The Morgan fingerprint density at radius 1 is 1.04 bits per heavy atom. The predicted octanol–water partition coefficient (Wildman–Crippen LogP) is 4.13. The van der Waals surface area contributed by atoms with Crippen LogP contribution in [-0.4, -0.2) is 20.7 Å². The lowest BCUT2D eigenvalue weighted by molar-refractivity contribution is -0.113. The van der Waals surface area contributed by atoms with Crippen molar-refractivity contribution in [1.29, 1.82) is 0 Å². The van der Waals surface area contributed by atoms with Crippen molar-refractivity contribution in [2.75, 3.05) is 10.6 Å². The molecule has 1 atom stereocenters. The van der Waals surface area contributed by atoms with Crippen LogP contribution in [0.5, 0.6) is 0 Å². The van der Waals surface area contributed by atoms with Gasteiger partial charge in [-0.05, 0) is 44.9 Å². The summed E-state index contributed by atoms with van der Waals surface area (Å²) in [6, 6.07) is 13.8. The van der Waals surface area contributed by atoms with Crippen LogP contribution in [0.2, 0.25) is 0 Å². The number of hydrogen-bond donors (Lipinski definition) is 2. The Kier molecular flexibility index (Phi) is 4.47. The van der Waals surface area contributed by atoms with E-state index < -0.39 is 0 Å². The highest BCUT2D eigenvalue weighted by Crippen LogP contribution is 2.35. The zero-order valence-corrected chi connectivity index (χ0v) is 16.4. The van der Waals surface area contributed by atoms with Gasteiger partial charge >= 0.3 is 0 Å². The molecule has 4 rings (SSSR count). The number of fused-ring (bicyclic) bond motifs is 1. The number of allylic oxidation sites excluding steroid dienone is 1. The Hall–Kier alpha value is -3.41. The lowest BCUT2D eigenvalue weighted by atomic mass is 9.94. The minimum atomic E-state index is -0.342. The van der Waals surface area contributed by atoms with Crippen molar-refractivity contribution in [3.63, 3.8) is 0 Å². The maximum absolute atomic E-state index is 13.3. The van der Waals surface area contributed by atoms with Crippen LogP contribution in [0.1, 0.15) is 35.2 Å². The van der Waals surface area contributed by atoms with E-state index in [1.165, 1.54) is 11.9 Å². The maximum Gasteiger partial charge on any atom is 0.255 e. The van der Waals surface area contributed by atoms with Crippen LogP contribution in [0.15, 0.2) is 60.1 Å². The Morgan fingerprint density at radius 2 is 1.75 bits per heavy atom. The quantitative estimate of drug-likeness (QED) is 0.724. The van der Waals surface area contributed by atoms with E-state index in [1.807, 2.05) is 64.1 Å². The van der Waals surface area contributed by atoms with Crippen molar-refractivity contribution in [2.24, 2.45) is 0 Å². The monoisotopic (exact) mass is 373 g/mol. The van der Waals surface area contributed by atoms with Crippen molar-refractivity contribution in [1.82, 2.24) is 14.8 Å². The molecule has 142 valence electrons. The summed E-state index contributed by atoms with van der Waals surface area (Å²) in [5.41, 5.74) is 6.55. The molecule has 0 saturated carbocycles. The van der Waals surface area contributed by atoms with Gasteiger partial charge in [0.25, 0.3) is 5.91 Å². The number of nitrogens with one attached hydrogen (secondary N) is 2. The molecule has 1 aliphatic rings. The Bertz CT molecular complexity index is 1080. The Morgan fingerprint density at radius 3 is 2.46 bits per heavy atom. The molecule has 28 heavy (non-hydrogen) atoms. The van der Waals surface area contributed by atoms with E-state index in [1.54, 1.807) is 4.68 Å². The molecule has 2 N–H and O–H groups in total. The smallest absolute Gasteiger partial charge is 0.255 e. The van der Waals surface area contributed by atoms with Crippen molar-refractivity contribution in [2.45, 2.75) is 33.7 Å². The van der Waals surface area contributed by atoms with Crippen LogP contribution in [0.3, 0.4) is 0 Å². The maximum atomic E-state index is 13.3. The minimum absolute atomic E-state index is 0.149. The van der Waals surface area contributed by atoms with E-state index >= 15 is 0 Å². The van der Waals surface area contributed by atoms with Gasteiger partial charge in [0.05, 0.1) is 5.57 Å². The average molecular weight is 373 g/mol. The summed E-state index contributed by atoms with van der Waals surface area (Å²) in [6.45, 7) is 7.98. The molecule has 0 spiro atoms. The summed E-state index contributed by atoms with van der Waals surface area (Å²) in [5.74, 6) is 0.481. The van der Waals surface area contributed by atoms with Gasteiger partial charge in [0, 0.05) is 11.4 Å². The first-order valence-corrected chi connectivity index (χ1v) is 9.26. The molecule has 2 heterocycles. The fourth-order valence-electron chi connectivity index (χ4n) is 3.59. The van der Waals surface area contributed by atoms with Crippen molar-refractivity contribution in [3.8, 4) is 0 Å². The first-order chi connectivity index (χ1) is 13.4. The van der Waals surface area contributed by atoms with Crippen molar-refractivity contribution < 1.29 is 4.79 Å². The number of carbonyl (C=O) groups is 1. The second-order valence-electron chi connectivity index (χ2n) is 7.28. The summed E-state index contributed by atoms with van der Waals surface area (Å²) in [6.07, 6.45) is 1.50. The molecule has 3 aromatic rings. The van der Waals surface area contributed by atoms with Gasteiger partial charge in [-0.25, -0.2) is 4.68 Å². The van der Waals surface area contributed by atoms with Gasteiger partial charge in [-0.1, -0.05) is 47.5 Å². The molecule has 0 radical (unpaired) electrons. The van der Waals surface area contributed by atoms with Crippen LogP contribution in [0.4, 0.5) is 11.6 Å². The topological polar surface area (TPSA) is 71.8 Å². The highest BCUT2D eigenvalue weighted by molar-refractivity contribution is 6.06. The van der Waals surface area contributed by atoms with Crippen LogP contribution in [0.25, 0.3) is 0 Å². The van der Waals surface area contributed by atoms with Gasteiger partial charge in [0.2, 0.25) is 5.95 Å². The second-order valence-corrected chi connectivity index (χ2v) is 7.28. The van der Waals surface area contributed by atoms with Gasteiger partial charge in [0.1, 0.15) is 12.4 Å². The van der Waals surface area contributed by atoms with Gasteiger partial charge in [-0.15, -0.1) is 0 Å². The molecule has 0 saturated heterocycles. The molecule has 1 aliphatic heterocycles. The van der Waals surface area contributed by atoms with E-state index in [0.29, 0.717) is 11.5 Å². The molecular weight excluding hydrogens is 350 g/mol. The average Bonchev–Trinajstić information content (AvgIpc) is 3.11. The molecule has 6 nitrogen and oxygen atoms in total. The lowest BCUT2D eigenvalue weighted by Gasteiger charge is -2.29. The van der Waals surface area contributed by atoms with E-state index in [4.69, 9.17) is 0 Å². The van der Waals surface area contributed by atoms with E-state index in [-0.39, 0.29) is 11.9 Å². The fourth-order valence-corrected chi connectivity index (χ4v) is 3.59. The van der Waals surface area contributed by atoms with Crippen LogP contribution in [0, 0.1) is 20.8 Å². The second kappa shape index (κ2) is 6.96. The van der Waals surface area contributed by atoms with Gasteiger partial charge in [-0.3, -0.25) is 4.79 Å². The van der Waals surface area contributed by atoms with Gasteiger partial charge in [0.15, 0.2) is 0 Å². The van der Waals surface area contributed by atoms with Crippen LogP contribution in [-0.2, 0) is 4.79 Å². The molecule has 1 aromatic heterocycles. The zero-order chi connectivity index (χ0) is 19.8. The number of anilines is 2. The minimum Gasteiger partial charge on any atom is -0.328 e. The van der Waals surface area contributed by atoms with E-state index in [2.05, 4.69) is 26.8 Å². The summed E-state index contributed by atoms with van der Waals surface area (Å²) in [7, 11) is 0. The number of aromatic nitrogens is 3. The summed E-state index contributed by atoms with van der Waals surface area (Å²) in [5, 5.41) is 10.6. The molecule has 0 bridgehead atoms. The third-order valence-corrected chi connectivity index (χ3v) is 5.06. The zero-order valence-electron chi connectivity index (χ0n) is 16.4. The highest BCUT2D eigenvalue weighted by atomic mass is 16.1. The lowest BCUT2D eigenvalue weighted by Crippen LogP contribution is -2.31. The number of hydrogen-bond acceptors (Lipinski definition) is 4.